The zero-order valence-corrected chi connectivity index (χ0v) is 22.7. The number of carbonyl (C=O) groups excluding carboxylic acids is 1. The molecule has 0 unspecified atom stereocenters. The predicted molar refractivity (Wildman–Crippen MR) is 156 cm³/mol. The quantitative estimate of drug-likeness (QED) is 0.302. The molecule has 4 rings (SSSR count). The molecule has 7 nitrogen and oxygen atoms in total. The summed E-state index contributed by atoms with van der Waals surface area (Å²) in [6.07, 6.45) is 5.72. The molecule has 0 saturated heterocycles. The number of hydrogen-bond acceptors (Lipinski definition) is 6. The highest BCUT2D eigenvalue weighted by Gasteiger charge is 2.14. The van der Waals surface area contributed by atoms with E-state index in [0.717, 1.165) is 55.3 Å². The number of benzene rings is 2. The standard InChI is InChI=1S/C31H38N6O/c1-4-16-36(17-5-2)19-26-8-12-28(13-9-26)35-31(38)27-10-6-25(7-11-27)20-37(22-30-33-23-34-30)21-29-18-24(3)14-15-32-29/h6-15,18,23H,4-5,16-17,19-22H2,1-3H3,(H,35,38). The third-order valence-electron chi connectivity index (χ3n) is 6.46. The Morgan fingerprint density at radius 1 is 0.816 bits per heavy atom. The molecule has 2 aromatic carbocycles. The maximum Gasteiger partial charge on any atom is 0.255 e. The molecule has 3 aromatic rings. The van der Waals surface area contributed by atoms with Gasteiger partial charge in [-0.15, -0.1) is 0 Å². The van der Waals surface area contributed by atoms with Crippen molar-refractivity contribution in [2.75, 3.05) is 25.0 Å². The van der Waals surface area contributed by atoms with Gasteiger partial charge in [0.15, 0.2) is 0 Å². The highest BCUT2D eigenvalue weighted by Crippen LogP contribution is 2.16. The molecule has 1 aliphatic heterocycles. The summed E-state index contributed by atoms with van der Waals surface area (Å²) in [5, 5.41) is 3.03. The van der Waals surface area contributed by atoms with Crippen molar-refractivity contribution in [1.29, 1.82) is 0 Å². The van der Waals surface area contributed by atoms with Crippen LogP contribution in [0.25, 0.3) is 0 Å². The number of aliphatic imine (C=N–C) groups is 2. The van der Waals surface area contributed by atoms with Crippen LogP contribution >= 0.6 is 0 Å². The summed E-state index contributed by atoms with van der Waals surface area (Å²) >= 11 is 0. The van der Waals surface area contributed by atoms with Gasteiger partial charge in [0.2, 0.25) is 0 Å². The molecule has 1 amide bonds. The SMILES string of the molecule is CCCN(CCC)Cc1ccc(NC(=O)c2ccc(CN(CC3=NC=N3)Cc3cc(C)ccn3)cc2)cc1. The van der Waals surface area contributed by atoms with Gasteiger partial charge in [0.25, 0.3) is 5.91 Å². The van der Waals surface area contributed by atoms with Crippen LogP contribution in [0.4, 0.5) is 5.69 Å². The van der Waals surface area contributed by atoms with Crippen molar-refractivity contribution in [1.82, 2.24) is 14.8 Å². The average Bonchev–Trinajstić information content (AvgIpc) is 2.88. The molecule has 198 valence electrons. The summed E-state index contributed by atoms with van der Waals surface area (Å²) in [5.74, 6) is 0.713. The Balaban J connectivity index is 1.34. The smallest absolute Gasteiger partial charge is 0.255 e. The van der Waals surface area contributed by atoms with Crippen LogP contribution in [0.5, 0.6) is 0 Å². The Morgan fingerprint density at radius 3 is 2.03 bits per heavy atom. The van der Waals surface area contributed by atoms with E-state index < -0.39 is 0 Å². The van der Waals surface area contributed by atoms with Gasteiger partial charge in [-0.1, -0.05) is 38.1 Å². The van der Waals surface area contributed by atoms with E-state index in [0.29, 0.717) is 25.2 Å². The van der Waals surface area contributed by atoms with Crippen LogP contribution in [0.1, 0.15) is 59.4 Å². The van der Waals surface area contributed by atoms with Crippen LogP contribution in [-0.4, -0.2) is 52.5 Å². The molecule has 1 N–H and O–H groups in total. The number of carbonyl (C=O) groups is 1. The summed E-state index contributed by atoms with van der Waals surface area (Å²) in [5.41, 5.74) is 6.02. The van der Waals surface area contributed by atoms with Crippen molar-refractivity contribution in [2.24, 2.45) is 9.98 Å². The minimum absolute atomic E-state index is 0.109. The first-order valence-electron chi connectivity index (χ1n) is 13.5. The molecule has 1 aliphatic rings. The zero-order valence-electron chi connectivity index (χ0n) is 22.7. The Hall–Kier alpha value is -3.68. The molecular weight excluding hydrogens is 472 g/mol. The maximum absolute atomic E-state index is 12.9. The maximum atomic E-state index is 12.9. The van der Waals surface area contributed by atoms with Crippen LogP contribution in [0.3, 0.4) is 0 Å². The lowest BCUT2D eigenvalue weighted by molar-refractivity contribution is 0.102. The lowest BCUT2D eigenvalue weighted by atomic mass is 10.1. The van der Waals surface area contributed by atoms with E-state index in [1.54, 1.807) is 6.34 Å². The van der Waals surface area contributed by atoms with Crippen molar-refractivity contribution in [3.8, 4) is 0 Å². The topological polar surface area (TPSA) is 73.2 Å². The van der Waals surface area contributed by atoms with E-state index in [9.17, 15) is 4.79 Å². The molecule has 0 saturated carbocycles. The van der Waals surface area contributed by atoms with Gasteiger partial charge in [-0.05, 0) is 85.9 Å². The Labute approximate surface area is 226 Å². The molecule has 0 fully saturated rings. The fraction of sp³-hybridized carbons (Fsp3) is 0.355. The Kier molecular flexibility index (Phi) is 9.90. The largest absolute Gasteiger partial charge is 0.322 e. The second kappa shape index (κ2) is 13.7. The first kappa shape index (κ1) is 27.4. The molecule has 0 bridgehead atoms. The first-order chi connectivity index (χ1) is 18.5. The van der Waals surface area contributed by atoms with E-state index in [2.05, 4.69) is 69.1 Å². The number of nitrogens with zero attached hydrogens (tertiary/aromatic N) is 5. The number of rotatable bonds is 14. The van der Waals surface area contributed by atoms with E-state index in [-0.39, 0.29) is 5.91 Å². The molecule has 0 atom stereocenters. The predicted octanol–water partition coefficient (Wildman–Crippen LogP) is 5.71. The van der Waals surface area contributed by atoms with E-state index in [1.807, 2.05) is 48.7 Å². The summed E-state index contributed by atoms with van der Waals surface area (Å²) in [6, 6.07) is 20.1. The van der Waals surface area contributed by atoms with Gasteiger partial charge in [-0.25, -0.2) is 9.98 Å². The number of amidine groups is 1. The lowest BCUT2D eigenvalue weighted by Gasteiger charge is -2.23. The monoisotopic (exact) mass is 510 g/mol. The van der Waals surface area contributed by atoms with Gasteiger partial charge in [0.1, 0.15) is 12.2 Å². The van der Waals surface area contributed by atoms with Gasteiger partial charge in [0, 0.05) is 37.1 Å². The van der Waals surface area contributed by atoms with E-state index in [4.69, 9.17) is 0 Å². The molecule has 7 heteroatoms. The number of aryl methyl sites for hydroxylation is 1. The van der Waals surface area contributed by atoms with Crippen LogP contribution in [0, 0.1) is 6.92 Å². The molecular formula is C31H38N6O. The third kappa shape index (κ3) is 8.16. The second-order valence-electron chi connectivity index (χ2n) is 9.88. The van der Waals surface area contributed by atoms with Crippen LogP contribution in [0.2, 0.25) is 0 Å². The number of aromatic nitrogens is 1. The van der Waals surface area contributed by atoms with Gasteiger partial charge in [-0.3, -0.25) is 19.6 Å². The van der Waals surface area contributed by atoms with Crippen LogP contribution < -0.4 is 5.32 Å². The molecule has 38 heavy (non-hydrogen) atoms. The van der Waals surface area contributed by atoms with Crippen molar-refractivity contribution < 1.29 is 4.79 Å². The number of hydrogen-bond donors (Lipinski definition) is 1. The highest BCUT2D eigenvalue weighted by atomic mass is 16.1. The van der Waals surface area contributed by atoms with Crippen molar-refractivity contribution in [3.63, 3.8) is 0 Å². The number of nitrogens with one attached hydrogen (secondary N) is 1. The molecule has 2 heterocycles. The minimum Gasteiger partial charge on any atom is -0.322 e. The fourth-order valence-electron chi connectivity index (χ4n) is 4.58. The third-order valence-corrected chi connectivity index (χ3v) is 6.46. The normalized spacial score (nSPS) is 12.5. The zero-order chi connectivity index (χ0) is 26.7. The van der Waals surface area contributed by atoms with E-state index in [1.165, 1.54) is 11.1 Å². The van der Waals surface area contributed by atoms with Crippen molar-refractivity contribution in [2.45, 2.75) is 53.2 Å². The van der Waals surface area contributed by atoms with Gasteiger partial charge < -0.3 is 5.32 Å². The summed E-state index contributed by atoms with van der Waals surface area (Å²) in [4.78, 5) is 30.6. The summed E-state index contributed by atoms with van der Waals surface area (Å²) in [7, 11) is 0. The highest BCUT2D eigenvalue weighted by molar-refractivity contribution is 6.04. The van der Waals surface area contributed by atoms with Crippen LogP contribution in [0.15, 0.2) is 76.8 Å². The first-order valence-corrected chi connectivity index (χ1v) is 13.5. The number of anilines is 1. The summed E-state index contributed by atoms with van der Waals surface area (Å²) < 4.78 is 0. The fourth-order valence-corrected chi connectivity index (χ4v) is 4.58. The van der Waals surface area contributed by atoms with E-state index >= 15 is 0 Å². The van der Waals surface area contributed by atoms with Gasteiger partial charge >= 0.3 is 0 Å². The van der Waals surface area contributed by atoms with Crippen molar-refractivity contribution in [3.05, 3.63) is 94.8 Å². The summed E-state index contributed by atoms with van der Waals surface area (Å²) in [6.45, 7) is 11.7. The second-order valence-corrected chi connectivity index (χ2v) is 9.88. The van der Waals surface area contributed by atoms with Gasteiger partial charge in [0.05, 0.1) is 12.2 Å². The molecule has 1 aromatic heterocycles. The van der Waals surface area contributed by atoms with Crippen molar-refractivity contribution >= 4 is 23.8 Å². The lowest BCUT2D eigenvalue weighted by Crippen LogP contribution is -2.30. The van der Waals surface area contributed by atoms with Crippen LogP contribution in [-0.2, 0) is 19.6 Å². The minimum atomic E-state index is -0.109. The van der Waals surface area contributed by atoms with Gasteiger partial charge in [-0.2, -0.15) is 0 Å². The Bertz CT molecular complexity index is 1240. The molecule has 0 aliphatic carbocycles. The molecule has 0 spiro atoms. The number of amides is 1. The molecule has 0 radical (unpaired) electrons. The Morgan fingerprint density at radius 2 is 1.45 bits per heavy atom. The average molecular weight is 511 g/mol. The number of pyridine rings is 1.